The molecule has 0 N–H and O–H groups in total. The molecule has 0 saturated carbocycles. The highest BCUT2D eigenvalue weighted by Crippen LogP contribution is 2.36. The molecule has 9 heteroatoms. The van der Waals surface area contributed by atoms with E-state index in [9.17, 15) is 9.59 Å². The largest absolute Gasteiger partial charge is 0.459 e. The van der Waals surface area contributed by atoms with Gasteiger partial charge in [0.05, 0.1) is 13.2 Å². The molecule has 0 unspecified atom stereocenters. The van der Waals surface area contributed by atoms with Crippen LogP contribution >= 0.6 is 0 Å². The van der Waals surface area contributed by atoms with Gasteiger partial charge in [-0.25, -0.2) is 4.79 Å². The maximum atomic E-state index is 12.9. The average molecular weight is 508 g/mol. The molecule has 0 bridgehead atoms. The Morgan fingerprint density at radius 3 is 2.49 bits per heavy atom. The molecule has 196 valence electrons. The zero-order valence-corrected chi connectivity index (χ0v) is 21.4. The van der Waals surface area contributed by atoms with Crippen LogP contribution in [0.1, 0.15) is 63.8 Å². The fourth-order valence-electron chi connectivity index (χ4n) is 4.11. The van der Waals surface area contributed by atoms with E-state index in [0.29, 0.717) is 28.9 Å². The van der Waals surface area contributed by atoms with Crippen molar-refractivity contribution in [2.24, 2.45) is 0 Å². The second-order valence-electron chi connectivity index (χ2n) is 8.88. The smallest absolute Gasteiger partial charge is 0.397 e. The lowest BCUT2D eigenvalue weighted by molar-refractivity contribution is -0.153. The first-order chi connectivity index (χ1) is 18.1. The van der Waals surface area contributed by atoms with Gasteiger partial charge in [-0.3, -0.25) is 9.69 Å². The van der Waals surface area contributed by atoms with Gasteiger partial charge in [-0.2, -0.15) is 4.98 Å². The Balaban J connectivity index is 1.42. The molecule has 9 nitrogen and oxygen atoms in total. The summed E-state index contributed by atoms with van der Waals surface area (Å²) in [7, 11) is 0. The summed E-state index contributed by atoms with van der Waals surface area (Å²) in [6, 6.07) is 12.6. The maximum absolute atomic E-state index is 12.9. The summed E-state index contributed by atoms with van der Waals surface area (Å²) in [5.41, 5.74) is 2.10. The van der Waals surface area contributed by atoms with E-state index in [1.54, 1.807) is 25.1 Å². The van der Waals surface area contributed by atoms with Gasteiger partial charge in [0, 0.05) is 23.7 Å². The summed E-state index contributed by atoms with van der Waals surface area (Å²) < 4.78 is 21.2. The molecular weight excluding hydrogens is 474 g/mol. The number of hydrogen-bond donors (Lipinski definition) is 0. The lowest BCUT2D eigenvalue weighted by Gasteiger charge is -2.22. The van der Waals surface area contributed by atoms with Crippen LogP contribution in [0.2, 0.25) is 0 Å². The van der Waals surface area contributed by atoms with E-state index in [2.05, 4.69) is 17.1 Å². The monoisotopic (exact) mass is 507 g/mol. The molecule has 0 aliphatic carbocycles. The first-order valence-electron chi connectivity index (χ1n) is 12.9. The lowest BCUT2D eigenvalue weighted by atomic mass is 10.1. The van der Waals surface area contributed by atoms with E-state index in [4.69, 9.17) is 18.7 Å². The second-order valence-corrected chi connectivity index (χ2v) is 8.88. The van der Waals surface area contributed by atoms with E-state index in [1.165, 1.54) is 37.0 Å². The zero-order valence-electron chi connectivity index (χ0n) is 21.4. The molecular formula is C28H33N3O6. The molecule has 2 heterocycles. The van der Waals surface area contributed by atoms with E-state index in [1.807, 2.05) is 24.3 Å². The van der Waals surface area contributed by atoms with E-state index in [0.717, 1.165) is 24.0 Å². The van der Waals surface area contributed by atoms with Crippen LogP contribution in [0.3, 0.4) is 0 Å². The predicted molar refractivity (Wildman–Crippen MR) is 137 cm³/mol. The highest BCUT2D eigenvalue weighted by Gasteiger charge is 2.27. The molecule has 1 amide bonds. The fraction of sp³-hybridized carbons (Fsp3) is 0.429. The number of hydrogen-bond acceptors (Lipinski definition) is 8. The van der Waals surface area contributed by atoms with Crippen molar-refractivity contribution in [3.8, 4) is 23.0 Å². The number of rotatable bonds is 12. The lowest BCUT2D eigenvalue weighted by Crippen LogP contribution is -2.37. The van der Waals surface area contributed by atoms with Gasteiger partial charge in [-0.15, -0.1) is 0 Å². The Kier molecular flexibility index (Phi) is 9.13. The summed E-state index contributed by atoms with van der Waals surface area (Å²) >= 11 is 0. The van der Waals surface area contributed by atoms with Crippen LogP contribution in [0, 0.1) is 0 Å². The van der Waals surface area contributed by atoms with Crippen LogP contribution in [0.25, 0.3) is 11.5 Å². The van der Waals surface area contributed by atoms with Crippen LogP contribution in [-0.2, 0) is 27.3 Å². The molecule has 0 saturated heterocycles. The standard InChI is InChI=1S/C28H33N3O6/c1-3-5-6-7-8-9-10-25-29-26(37-30-25)21-13-11-20(12-14-21)18-31(27(32)28(33)34-4-2)22-15-16-23-24(17-22)36-19-35-23/h11-17H,3-10,18-19H2,1-2H3. The number of nitrogens with zero attached hydrogens (tertiary/aromatic N) is 3. The van der Waals surface area contributed by atoms with E-state index >= 15 is 0 Å². The molecule has 1 aromatic heterocycles. The fourth-order valence-corrected chi connectivity index (χ4v) is 4.11. The average Bonchev–Trinajstić information content (AvgIpc) is 3.59. The van der Waals surface area contributed by atoms with Crippen LogP contribution in [-0.4, -0.2) is 35.4 Å². The topological polar surface area (TPSA) is 104 Å². The van der Waals surface area contributed by atoms with Gasteiger partial charge in [-0.05, 0) is 43.2 Å². The van der Waals surface area contributed by atoms with E-state index < -0.39 is 11.9 Å². The SMILES string of the molecule is CCCCCCCCc1noc(-c2ccc(CN(C(=O)C(=O)OCC)c3ccc4c(c3)OCO4)cc2)n1. The van der Waals surface area contributed by atoms with Crippen molar-refractivity contribution in [1.82, 2.24) is 10.1 Å². The highest BCUT2D eigenvalue weighted by molar-refractivity contribution is 6.38. The number of anilines is 1. The van der Waals surface area contributed by atoms with Crippen LogP contribution < -0.4 is 14.4 Å². The van der Waals surface area contributed by atoms with Crippen LogP contribution in [0.15, 0.2) is 47.0 Å². The van der Waals surface area contributed by atoms with Crippen molar-refractivity contribution in [2.75, 3.05) is 18.3 Å². The summed E-state index contributed by atoms with van der Waals surface area (Å²) in [5, 5.41) is 4.11. The molecule has 4 rings (SSSR count). The third-order valence-electron chi connectivity index (χ3n) is 6.13. The van der Waals surface area contributed by atoms with Gasteiger partial charge in [0.15, 0.2) is 17.3 Å². The molecule has 0 atom stereocenters. The molecule has 0 radical (unpaired) electrons. The molecule has 0 spiro atoms. The highest BCUT2D eigenvalue weighted by atomic mass is 16.7. The zero-order chi connectivity index (χ0) is 26.0. The Morgan fingerprint density at radius 1 is 0.946 bits per heavy atom. The molecule has 0 fully saturated rings. The van der Waals surface area contributed by atoms with Gasteiger partial charge < -0.3 is 18.7 Å². The summed E-state index contributed by atoms with van der Waals surface area (Å²) in [6.07, 6.45) is 8.06. The quantitative estimate of drug-likeness (QED) is 0.181. The Hall–Kier alpha value is -3.88. The third kappa shape index (κ3) is 6.87. The van der Waals surface area contributed by atoms with Gasteiger partial charge in [0.2, 0.25) is 6.79 Å². The van der Waals surface area contributed by atoms with Gasteiger partial charge >= 0.3 is 11.9 Å². The summed E-state index contributed by atoms with van der Waals surface area (Å²) in [6.45, 7) is 4.25. The Bertz CT molecular complexity index is 1190. The van der Waals surface area contributed by atoms with Gasteiger partial charge in [-0.1, -0.05) is 56.3 Å². The van der Waals surface area contributed by atoms with E-state index in [-0.39, 0.29) is 19.9 Å². The minimum absolute atomic E-state index is 0.110. The predicted octanol–water partition coefficient (Wildman–Crippen LogP) is 5.46. The molecule has 1 aliphatic heterocycles. The number of ether oxygens (including phenoxy) is 3. The van der Waals surface area contributed by atoms with Crippen LogP contribution in [0.4, 0.5) is 5.69 Å². The summed E-state index contributed by atoms with van der Waals surface area (Å²) in [4.78, 5) is 31.1. The first-order valence-corrected chi connectivity index (χ1v) is 12.9. The van der Waals surface area contributed by atoms with Crippen molar-refractivity contribution in [1.29, 1.82) is 0 Å². The van der Waals surface area contributed by atoms with Crippen LogP contribution in [0.5, 0.6) is 11.5 Å². The number of fused-ring (bicyclic) bond motifs is 1. The number of amides is 1. The minimum atomic E-state index is -0.916. The number of benzene rings is 2. The molecule has 2 aromatic carbocycles. The number of aromatic nitrogens is 2. The first kappa shape index (κ1) is 26.2. The number of esters is 1. The number of carbonyl (C=O) groups is 2. The third-order valence-corrected chi connectivity index (χ3v) is 6.13. The number of carbonyl (C=O) groups excluding carboxylic acids is 2. The molecule has 37 heavy (non-hydrogen) atoms. The maximum Gasteiger partial charge on any atom is 0.397 e. The second kappa shape index (κ2) is 12.9. The summed E-state index contributed by atoms with van der Waals surface area (Å²) in [5.74, 6) is 0.600. The Labute approximate surface area is 216 Å². The van der Waals surface area contributed by atoms with Crippen molar-refractivity contribution in [3.05, 3.63) is 53.9 Å². The molecule has 3 aromatic rings. The molecule has 1 aliphatic rings. The van der Waals surface area contributed by atoms with Crippen molar-refractivity contribution in [2.45, 2.75) is 65.3 Å². The minimum Gasteiger partial charge on any atom is -0.459 e. The van der Waals surface area contributed by atoms with Gasteiger partial charge in [0.1, 0.15) is 0 Å². The number of unbranched alkanes of at least 4 members (excludes halogenated alkanes) is 5. The normalized spacial score (nSPS) is 11.9. The Morgan fingerprint density at radius 2 is 1.70 bits per heavy atom. The van der Waals surface area contributed by atoms with Crippen molar-refractivity contribution in [3.63, 3.8) is 0 Å². The van der Waals surface area contributed by atoms with Crippen molar-refractivity contribution < 1.29 is 28.3 Å². The van der Waals surface area contributed by atoms with Gasteiger partial charge in [0.25, 0.3) is 5.89 Å². The number of aryl methyl sites for hydroxylation is 1. The van der Waals surface area contributed by atoms with Crippen molar-refractivity contribution >= 4 is 17.6 Å².